The number of carbonyl (C=O) groups is 1. The van der Waals surface area contributed by atoms with Gasteiger partial charge in [-0.15, -0.1) is 0 Å². The molecule has 1 aromatic carbocycles. The van der Waals surface area contributed by atoms with Gasteiger partial charge in [-0.05, 0) is 18.2 Å². The summed E-state index contributed by atoms with van der Waals surface area (Å²) >= 11 is 5.20. The summed E-state index contributed by atoms with van der Waals surface area (Å²) in [6, 6.07) is 0.691. The van der Waals surface area contributed by atoms with Crippen molar-refractivity contribution in [3.8, 4) is 5.75 Å². The van der Waals surface area contributed by atoms with E-state index in [4.69, 9.17) is 16.7 Å². The van der Waals surface area contributed by atoms with Crippen molar-refractivity contribution >= 4 is 17.6 Å². The molecule has 0 aliphatic carbocycles. The first-order valence-electron chi connectivity index (χ1n) is 6.72. The van der Waals surface area contributed by atoms with E-state index in [1.807, 2.05) is 0 Å². The van der Waals surface area contributed by atoms with Crippen LogP contribution < -0.4 is 4.74 Å². The SMILES string of the molecule is O=C(O)c1ccc(OC(F)(F)C(F)(F)C(F)(F)C(F)(F)C(F)(F)C(F)(F)F)c(Cl)c1. The first-order chi connectivity index (χ1) is 13.0. The summed E-state index contributed by atoms with van der Waals surface area (Å²) in [4.78, 5) is 10.6. The van der Waals surface area contributed by atoms with Gasteiger partial charge in [-0.2, -0.15) is 57.1 Å². The molecule has 0 amide bonds. The van der Waals surface area contributed by atoms with E-state index in [0.717, 1.165) is 0 Å². The van der Waals surface area contributed by atoms with Crippen molar-refractivity contribution in [2.75, 3.05) is 0 Å². The van der Waals surface area contributed by atoms with Crippen LogP contribution in [0.5, 0.6) is 5.75 Å². The van der Waals surface area contributed by atoms with Crippen molar-refractivity contribution in [1.29, 1.82) is 0 Å². The molecule has 0 bridgehead atoms. The van der Waals surface area contributed by atoms with Crippen molar-refractivity contribution < 1.29 is 71.7 Å². The second kappa shape index (κ2) is 7.23. The lowest BCUT2D eigenvalue weighted by Crippen LogP contribution is -2.70. The highest BCUT2D eigenvalue weighted by molar-refractivity contribution is 6.32. The van der Waals surface area contributed by atoms with Crippen molar-refractivity contribution in [1.82, 2.24) is 0 Å². The average molecular weight is 491 g/mol. The van der Waals surface area contributed by atoms with Crippen LogP contribution >= 0.6 is 11.6 Å². The van der Waals surface area contributed by atoms with Gasteiger partial charge in [0.15, 0.2) is 0 Å². The number of aromatic carboxylic acids is 1. The third-order valence-corrected chi connectivity index (χ3v) is 3.62. The third kappa shape index (κ3) is 3.80. The van der Waals surface area contributed by atoms with E-state index < -0.39 is 58.3 Å². The summed E-state index contributed by atoms with van der Waals surface area (Å²) in [5.74, 6) is -35.1. The Bertz CT molecular complexity index is 819. The normalized spacial score (nSPS) is 14.6. The molecule has 0 saturated carbocycles. The molecule has 1 aromatic rings. The molecular weight excluding hydrogens is 487 g/mol. The first kappa shape index (κ1) is 25.9. The van der Waals surface area contributed by atoms with Gasteiger partial charge in [0.25, 0.3) is 0 Å². The van der Waals surface area contributed by atoms with E-state index in [1.54, 1.807) is 0 Å². The zero-order chi connectivity index (χ0) is 24.1. The minimum Gasteiger partial charge on any atom is -0.478 e. The summed E-state index contributed by atoms with van der Waals surface area (Å²) in [5.41, 5.74) is -0.774. The Balaban J connectivity index is 3.44. The third-order valence-electron chi connectivity index (χ3n) is 3.32. The summed E-state index contributed by atoms with van der Waals surface area (Å²) in [5, 5.41) is 7.32. The van der Waals surface area contributed by atoms with Crippen LogP contribution in [-0.4, -0.2) is 47.1 Å². The zero-order valence-corrected chi connectivity index (χ0v) is 14.0. The van der Waals surface area contributed by atoms with E-state index in [-0.39, 0.29) is 12.1 Å². The Hall–Kier alpha value is -2.13. The van der Waals surface area contributed by atoms with E-state index in [9.17, 15) is 61.9 Å². The lowest BCUT2D eigenvalue weighted by molar-refractivity contribution is -0.456. The van der Waals surface area contributed by atoms with Crippen LogP contribution in [0.3, 0.4) is 0 Å². The molecule has 30 heavy (non-hydrogen) atoms. The van der Waals surface area contributed by atoms with E-state index in [1.165, 1.54) is 0 Å². The fraction of sp³-hybridized carbons (Fsp3) is 0.462. The van der Waals surface area contributed by atoms with Crippen LogP contribution in [0.15, 0.2) is 18.2 Å². The van der Waals surface area contributed by atoms with Gasteiger partial charge in [0.1, 0.15) is 5.75 Å². The van der Waals surface area contributed by atoms with Crippen LogP contribution in [0.1, 0.15) is 10.4 Å². The van der Waals surface area contributed by atoms with Gasteiger partial charge in [0.05, 0.1) is 10.6 Å². The van der Waals surface area contributed by atoms with Crippen LogP contribution in [0.4, 0.5) is 57.1 Å². The Labute approximate surface area is 161 Å². The van der Waals surface area contributed by atoms with E-state index in [0.29, 0.717) is 6.07 Å². The molecule has 0 fully saturated rings. The van der Waals surface area contributed by atoms with Gasteiger partial charge < -0.3 is 9.84 Å². The molecular formula is C13H4ClF13O3. The predicted molar refractivity (Wildman–Crippen MR) is 69.8 cm³/mol. The van der Waals surface area contributed by atoms with Crippen LogP contribution in [0.2, 0.25) is 5.02 Å². The number of hydrogen-bond donors (Lipinski definition) is 1. The minimum atomic E-state index is -8.06. The molecule has 1 rings (SSSR count). The number of rotatable bonds is 7. The predicted octanol–water partition coefficient (Wildman–Crippen LogP) is 6.11. The van der Waals surface area contributed by atoms with Crippen molar-refractivity contribution in [3.05, 3.63) is 28.8 Å². The van der Waals surface area contributed by atoms with Gasteiger partial charge in [0, 0.05) is 0 Å². The Morgan fingerprint density at radius 3 is 1.57 bits per heavy atom. The minimum absolute atomic E-state index is 0.0797. The van der Waals surface area contributed by atoms with E-state index in [2.05, 4.69) is 4.74 Å². The molecule has 0 radical (unpaired) electrons. The number of ether oxygens (including phenoxy) is 1. The molecule has 0 spiro atoms. The largest absolute Gasteiger partial charge is 0.478 e. The number of alkyl halides is 13. The van der Waals surface area contributed by atoms with Gasteiger partial charge in [0.2, 0.25) is 0 Å². The average Bonchev–Trinajstić information content (AvgIpc) is 2.54. The molecule has 0 aliphatic rings. The molecule has 0 heterocycles. The smallest absolute Gasteiger partial charge is 0.471 e. The maximum absolute atomic E-state index is 13.6. The van der Waals surface area contributed by atoms with Crippen molar-refractivity contribution in [3.63, 3.8) is 0 Å². The van der Waals surface area contributed by atoms with E-state index >= 15 is 0 Å². The highest BCUT2D eigenvalue weighted by Gasteiger charge is 2.91. The monoisotopic (exact) mass is 490 g/mol. The lowest BCUT2D eigenvalue weighted by Gasteiger charge is -2.39. The fourth-order valence-corrected chi connectivity index (χ4v) is 1.89. The van der Waals surface area contributed by atoms with Crippen molar-refractivity contribution in [2.24, 2.45) is 0 Å². The maximum Gasteiger partial charge on any atom is 0.471 e. The van der Waals surface area contributed by atoms with Crippen LogP contribution in [0, 0.1) is 0 Å². The number of hydrogen-bond acceptors (Lipinski definition) is 2. The standard InChI is InChI=1S/C13H4ClF13O3/c14-5-3-4(7(28)29)1-2-6(5)30-13(26,27)11(21,22)9(17,18)8(15,16)10(19,20)12(23,24)25/h1-3H,(H,28,29). The summed E-state index contributed by atoms with van der Waals surface area (Å²) < 4.78 is 171. The van der Waals surface area contributed by atoms with Crippen molar-refractivity contribution in [2.45, 2.75) is 36.0 Å². The first-order valence-corrected chi connectivity index (χ1v) is 7.10. The molecule has 0 aromatic heterocycles. The summed E-state index contributed by atoms with van der Waals surface area (Å²) in [7, 11) is 0. The lowest BCUT2D eigenvalue weighted by atomic mass is 9.97. The second-order valence-corrected chi connectivity index (χ2v) is 5.77. The van der Waals surface area contributed by atoms with Gasteiger partial charge >= 0.3 is 41.9 Å². The zero-order valence-electron chi connectivity index (χ0n) is 13.3. The van der Waals surface area contributed by atoms with Gasteiger partial charge in [-0.1, -0.05) is 11.6 Å². The molecule has 172 valence electrons. The van der Waals surface area contributed by atoms with Gasteiger partial charge in [-0.25, -0.2) is 4.79 Å². The second-order valence-electron chi connectivity index (χ2n) is 5.36. The van der Waals surface area contributed by atoms with Gasteiger partial charge in [-0.3, -0.25) is 0 Å². The number of carboxylic acid groups (broad SMARTS) is 1. The summed E-state index contributed by atoms with van der Waals surface area (Å²) in [6.07, 6.45) is -14.4. The Kier molecular flexibility index (Phi) is 6.24. The molecule has 17 heteroatoms. The van der Waals surface area contributed by atoms with Crippen LogP contribution in [-0.2, 0) is 0 Å². The molecule has 0 unspecified atom stereocenters. The number of halogens is 14. The molecule has 0 saturated heterocycles. The molecule has 0 atom stereocenters. The maximum atomic E-state index is 13.6. The Morgan fingerprint density at radius 2 is 1.20 bits per heavy atom. The molecule has 3 nitrogen and oxygen atoms in total. The Morgan fingerprint density at radius 1 is 0.767 bits per heavy atom. The number of carboxylic acids is 1. The quantitative estimate of drug-likeness (QED) is 0.469. The topological polar surface area (TPSA) is 46.5 Å². The molecule has 0 aliphatic heterocycles. The summed E-state index contributed by atoms with van der Waals surface area (Å²) in [6.45, 7) is 0. The fourth-order valence-electron chi connectivity index (χ4n) is 1.67. The molecule has 1 N–H and O–H groups in total. The van der Waals surface area contributed by atoms with Crippen LogP contribution in [0.25, 0.3) is 0 Å². The highest BCUT2D eigenvalue weighted by Crippen LogP contribution is 2.60. The number of benzene rings is 1. The highest BCUT2D eigenvalue weighted by atomic mass is 35.5.